The number of methoxy groups -OCH3 is 1. The molecule has 3 rings (SSSR count). The van der Waals surface area contributed by atoms with Crippen LogP contribution in [0.4, 0.5) is 0 Å². The van der Waals surface area contributed by atoms with Crippen molar-refractivity contribution in [2.24, 2.45) is 5.10 Å². The van der Waals surface area contributed by atoms with Gasteiger partial charge < -0.3 is 14.2 Å². The van der Waals surface area contributed by atoms with Crippen molar-refractivity contribution in [1.29, 1.82) is 0 Å². The molecule has 1 amide bonds. The van der Waals surface area contributed by atoms with Crippen molar-refractivity contribution >= 4 is 23.7 Å². The predicted molar refractivity (Wildman–Crippen MR) is 121 cm³/mol. The van der Waals surface area contributed by atoms with Gasteiger partial charge in [0.15, 0.2) is 18.1 Å². The van der Waals surface area contributed by atoms with Crippen molar-refractivity contribution in [2.75, 3.05) is 13.7 Å². The summed E-state index contributed by atoms with van der Waals surface area (Å²) < 4.78 is 16.6. The van der Waals surface area contributed by atoms with Crippen molar-refractivity contribution < 1.29 is 19.0 Å². The number of nitrogens with zero attached hydrogens (tertiary/aromatic N) is 1. The summed E-state index contributed by atoms with van der Waals surface area (Å²) in [7, 11) is 1.57. The van der Waals surface area contributed by atoms with Crippen LogP contribution in [0, 0.1) is 6.92 Å². The molecule has 0 saturated heterocycles. The molecule has 0 aliphatic rings. The minimum Gasteiger partial charge on any atom is -0.493 e. The number of rotatable bonds is 9. The molecule has 7 heteroatoms. The van der Waals surface area contributed by atoms with Crippen molar-refractivity contribution in [3.05, 3.63) is 88.4 Å². The van der Waals surface area contributed by atoms with E-state index >= 15 is 0 Å². The third kappa shape index (κ3) is 7.04. The molecular formula is C24H23ClN2O4. The maximum Gasteiger partial charge on any atom is 0.277 e. The van der Waals surface area contributed by atoms with Crippen molar-refractivity contribution in [2.45, 2.75) is 13.5 Å². The van der Waals surface area contributed by atoms with Crippen molar-refractivity contribution in [3.63, 3.8) is 0 Å². The minimum absolute atomic E-state index is 0.159. The third-order valence-electron chi connectivity index (χ3n) is 4.29. The Morgan fingerprint density at radius 2 is 1.74 bits per heavy atom. The SMILES string of the molecule is COc1cc(C=NNC(=O)COc2ccc(Cl)cc2)ccc1OCc1ccc(C)cc1. The van der Waals surface area contributed by atoms with Crippen molar-refractivity contribution in [3.8, 4) is 17.2 Å². The lowest BCUT2D eigenvalue weighted by Crippen LogP contribution is -2.24. The molecule has 31 heavy (non-hydrogen) atoms. The summed E-state index contributed by atoms with van der Waals surface area (Å²) in [5.74, 6) is 1.37. The second-order valence-corrected chi connectivity index (χ2v) is 7.16. The molecule has 0 saturated carbocycles. The molecule has 6 nitrogen and oxygen atoms in total. The van der Waals surface area contributed by atoms with E-state index in [0.717, 1.165) is 11.1 Å². The first-order valence-corrected chi connectivity index (χ1v) is 9.98. The van der Waals surface area contributed by atoms with E-state index < -0.39 is 0 Å². The van der Waals surface area contributed by atoms with E-state index in [-0.39, 0.29) is 12.5 Å². The van der Waals surface area contributed by atoms with Gasteiger partial charge >= 0.3 is 0 Å². The van der Waals surface area contributed by atoms with Gasteiger partial charge in [0.2, 0.25) is 0 Å². The highest BCUT2D eigenvalue weighted by Gasteiger charge is 2.06. The molecule has 0 aliphatic heterocycles. The number of aryl methyl sites for hydroxylation is 1. The predicted octanol–water partition coefficient (Wildman–Crippen LogP) is 4.77. The maximum atomic E-state index is 11.9. The number of carbonyl (C=O) groups excluding carboxylic acids is 1. The van der Waals surface area contributed by atoms with E-state index in [4.69, 9.17) is 25.8 Å². The molecule has 3 aromatic carbocycles. The monoisotopic (exact) mass is 438 g/mol. The van der Waals surface area contributed by atoms with E-state index in [1.165, 1.54) is 11.8 Å². The van der Waals surface area contributed by atoms with Crippen molar-refractivity contribution in [1.82, 2.24) is 5.43 Å². The molecule has 0 radical (unpaired) electrons. The van der Waals surface area contributed by atoms with Gasteiger partial charge in [-0.25, -0.2) is 5.43 Å². The first-order valence-electron chi connectivity index (χ1n) is 9.60. The number of benzene rings is 3. The Balaban J connectivity index is 1.51. The minimum atomic E-state index is -0.379. The Morgan fingerprint density at radius 1 is 1.00 bits per heavy atom. The lowest BCUT2D eigenvalue weighted by molar-refractivity contribution is -0.123. The molecule has 0 spiro atoms. The highest BCUT2D eigenvalue weighted by Crippen LogP contribution is 2.28. The van der Waals surface area contributed by atoms with Gasteiger partial charge in [-0.1, -0.05) is 41.4 Å². The summed E-state index contributed by atoms with van der Waals surface area (Å²) in [5, 5.41) is 4.55. The number of amides is 1. The Bertz CT molecular complexity index is 1030. The number of ether oxygens (including phenoxy) is 3. The van der Waals surface area contributed by atoms with Crippen LogP contribution in [0.2, 0.25) is 5.02 Å². The van der Waals surface area contributed by atoms with Crippen LogP contribution in [0.25, 0.3) is 0 Å². The second kappa shape index (κ2) is 11.0. The van der Waals surface area contributed by atoms with E-state index in [9.17, 15) is 4.79 Å². The smallest absolute Gasteiger partial charge is 0.277 e. The van der Waals surface area contributed by atoms with Gasteiger partial charge in [0.1, 0.15) is 12.4 Å². The zero-order valence-electron chi connectivity index (χ0n) is 17.3. The largest absolute Gasteiger partial charge is 0.493 e. The summed E-state index contributed by atoms with van der Waals surface area (Å²) in [6.45, 7) is 2.32. The fourth-order valence-corrected chi connectivity index (χ4v) is 2.75. The van der Waals surface area contributed by atoms with Gasteiger partial charge in [-0.05, 0) is 60.5 Å². The first-order chi connectivity index (χ1) is 15.0. The van der Waals surface area contributed by atoms with Crippen LogP contribution in [0.15, 0.2) is 71.8 Å². The molecule has 0 heterocycles. The Hall–Kier alpha value is -3.51. The number of hydrogen-bond donors (Lipinski definition) is 1. The van der Waals surface area contributed by atoms with Gasteiger partial charge in [0.05, 0.1) is 13.3 Å². The lowest BCUT2D eigenvalue weighted by Gasteiger charge is -2.11. The summed E-state index contributed by atoms with van der Waals surface area (Å²) in [6, 6.07) is 20.3. The third-order valence-corrected chi connectivity index (χ3v) is 4.54. The van der Waals surface area contributed by atoms with Crippen LogP contribution < -0.4 is 19.6 Å². The molecule has 3 aromatic rings. The first kappa shape index (κ1) is 22.2. The Kier molecular flexibility index (Phi) is 7.90. The highest BCUT2D eigenvalue weighted by atomic mass is 35.5. The molecule has 0 unspecified atom stereocenters. The standard InChI is InChI=1S/C24H23ClN2O4/c1-17-3-5-18(6-4-17)15-31-22-12-7-19(13-23(22)29-2)14-26-27-24(28)16-30-21-10-8-20(25)9-11-21/h3-14H,15-16H2,1-2H3,(H,27,28). The van der Waals surface area contributed by atoms with Gasteiger partial charge in [0, 0.05) is 5.02 Å². The molecule has 0 aliphatic carbocycles. The quantitative estimate of drug-likeness (QED) is 0.386. The Labute approximate surface area is 186 Å². The second-order valence-electron chi connectivity index (χ2n) is 6.72. The van der Waals surface area contributed by atoms with Crippen LogP contribution >= 0.6 is 11.6 Å². The zero-order valence-corrected chi connectivity index (χ0v) is 18.1. The molecule has 0 atom stereocenters. The zero-order chi connectivity index (χ0) is 22.1. The Morgan fingerprint density at radius 3 is 2.45 bits per heavy atom. The van der Waals surface area contributed by atoms with E-state index in [1.54, 1.807) is 43.5 Å². The number of halogens is 1. The fourth-order valence-electron chi connectivity index (χ4n) is 2.62. The van der Waals surface area contributed by atoms with Gasteiger partial charge in [-0.3, -0.25) is 4.79 Å². The van der Waals surface area contributed by atoms with Gasteiger partial charge in [-0.2, -0.15) is 5.10 Å². The summed E-state index contributed by atoms with van der Waals surface area (Å²) >= 11 is 5.81. The van der Waals surface area contributed by atoms with Crippen LogP contribution in [-0.4, -0.2) is 25.8 Å². The highest BCUT2D eigenvalue weighted by molar-refractivity contribution is 6.30. The molecular weight excluding hydrogens is 416 g/mol. The average Bonchev–Trinajstić information content (AvgIpc) is 2.78. The maximum absolute atomic E-state index is 11.9. The topological polar surface area (TPSA) is 69.2 Å². The number of hydrogen-bond acceptors (Lipinski definition) is 5. The average molecular weight is 439 g/mol. The lowest BCUT2D eigenvalue weighted by atomic mass is 10.2. The van der Waals surface area contributed by atoms with Crippen LogP contribution in [0.5, 0.6) is 17.2 Å². The van der Waals surface area contributed by atoms with E-state index in [0.29, 0.717) is 28.9 Å². The fraction of sp³-hybridized carbons (Fsp3) is 0.167. The molecule has 1 N–H and O–H groups in total. The summed E-state index contributed by atoms with van der Waals surface area (Å²) in [6.07, 6.45) is 1.52. The van der Waals surface area contributed by atoms with Crippen LogP contribution in [0.3, 0.4) is 0 Å². The number of carbonyl (C=O) groups is 1. The molecule has 160 valence electrons. The normalized spacial score (nSPS) is 10.7. The summed E-state index contributed by atoms with van der Waals surface area (Å²) in [5.41, 5.74) is 5.45. The molecule has 0 aromatic heterocycles. The number of nitrogens with one attached hydrogen (secondary N) is 1. The number of hydrazone groups is 1. The van der Waals surface area contributed by atoms with Crippen LogP contribution in [-0.2, 0) is 11.4 Å². The molecule has 0 bridgehead atoms. The summed E-state index contributed by atoms with van der Waals surface area (Å²) in [4.78, 5) is 11.9. The molecule has 0 fully saturated rings. The van der Waals surface area contributed by atoms with E-state index in [1.807, 2.05) is 37.3 Å². The van der Waals surface area contributed by atoms with Gasteiger partial charge in [0.25, 0.3) is 5.91 Å². The van der Waals surface area contributed by atoms with E-state index in [2.05, 4.69) is 10.5 Å². The van der Waals surface area contributed by atoms with Crippen LogP contribution in [0.1, 0.15) is 16.7 Å². The van der Waals surface area contributed by atoms with Gasteiger partial charge in [-0.15, -0.1) is 0 Å².